The summed E-state index contributed by atoms with van der Waals surface area (Å²) < 4.78 is 35.2. The van der Waals surface area contributed by atoms with Crippen LogP contribution in [0.1, 0.15) is 11.7 Å². The Kier molecular flexibility index (Phi) is 4.21. The molecular weight excluding hydrogens is 311 g/mol. The van der Waals surface area contributed by atoms with Crippen molar-refractivity contribution in [2.45, 2.75) is 12.5 Å². The number of fused-ring (bicyclic) bond motifs is 1. The lowest BCUT2D eigenvalue weighted by Gasteiger charge is -2.13. The van der Waals surface area contributed by atoms with Crippen molar-refractivity contribution in [2.75, 3.05) is 13.2 Å². The Morgan fingerprint density at radius 2 is 2.28 bits per heavy atom. The van der Waals surface area contributed by atoms with Gasteiger partial charge < -0.3 is 20.1 Å². The molecule has 0 aliphatic carbocycles. The van der Waals surface area contributed by atoms with Gasteiger partial charge in [-0.05, 0) is 17.7 Å². The van der Waals surface area contributed by atoms with Gasteiger partial charge in [-0.3, -0.25) is 0 Å². The SMILES string of the molecule is NCC1OB(O)c2c(OCC(F)F)ccc(Br)c21. The molecule has 1 aliphatic rings. The highest BCUT2D eigenvalue weighted by molar-refractivity contribution is 9.10. The summed E-state index contributed by atoms with van der Waals surface area (Å²) in [6, 6.07) is 3.17. The van der Waals surface area contributed by atoms with Crippen LogP contribution in [0.15, 0.2) is 16.6 Å². The Bertz CT molecular complexity index is 449. The lowest BCUT2D eigenvalue weighted by Crippen LogP contribution is -2.30. The van der Waals surface area contributed by atoms with E-state index in [0.29, 0.717) is 15.5 Å². The third-order valence-electron chi connectivity index (χ3n) is 2.63. The Balaban J connectivity index is 2.36. The second-order valence-corrected chi connectivity index (χ2v) is 4.64. The van der Waals surface area contributed by atoms with Crippen molar-refractivity contribution in [3.8, 4) is 5.75 Å². The average Bonchev–Trinajstić information content (AvgIpc) is 2.67. The molecular formula is C10H11BBrF2NO3. The molecule has 1 atom stereocenters. The van der Waals surface area contributed by atoms with Gasteiger partial charge in [0.2, 0.25) is 0 Å². The first kappa shape index (κ1) is 13.7. The van der Waals surface area contributed by atoms with Crippen molar-refractivity contribution < 1.29 is 23.2 Å². The molecule has 1 aromatic carbocycles. The smallest absolute Gasteiger partial charge is 0.488 e. The molecule has 4 nitrogen and oxygen atoms in total. The van der Waals surface area contributed by atoms with E-state index in [9.17, 15) is 13.8 Å². The van der Waals surface area contributed by atoms with Crippen molar-refractivity contribution in [3.63, 3.8) is 0 Å². The molecule has 0 spiro atoms. The molecule has 0 bridgehead atoms. The fourth-order valence-electron chi connectivity index (χ4n) is 1.92. The molecule has 8 heteroatoms. The Hall–Kier alpha value is -0.695. The minimum absolute atomic E-state index is 0.182. The zero-order chi connectivity index (χ0) is 13.3. The summed E-state index contributed by atoms with van der Waals surface area (Å²) in [4.78, 5) is 0. The molecule has 1 heterocycles. The van der Waals surface area contributed by atoms with Gasteiger partial charge in [-0.15, -0.1) is 0 Å². The Morgan fingerprint density at radius 3 is 2.89 bits per heavy atom. The molecule has 0 radical (unpaired) electrons. The van der Waals surface area contributed by atoms with Crippen LogP contribution in [0.25, 0.3) is 0 Å². The van der Waals surface area contributed by atoms with Gasteiger partial charge in [-0.25, -0.2) is 8.78 Å². The quantitative estimate of drug-likeness (QED) is 0.806. The maximum atomic E-state index is 12.1. The van der Waals surface area contributed by atoms with Crippen LogP contribution in [0.5, 0.6) is 5.75 Å². The van der Waals surface area contributed by atoms with Gasteiger partial charge >= 0.3 is 7.12 Å². The van der Waals surface area contributed by atoms with E-state index < -0.39 is 26.3 Å². The first-order chi connectivity index (χ1) is 8.54. The third kappa shape index (κ3) is 2.51. The zero-order valence-electron chi connectivity index (χ0n) is 9.28. The van der Waals surface area contributed by atoms with Gasteiger partial charge in [-0.1, -0.05) is 15.9 Å². The van der Waals surface area contributed by atoms with Gasteiger partial charge in [0.1, 0.15) is 12.4 Å². The Labute approximate surface area is 111 Å². The van der Waals surface area contributed by atoms with E-state index in [4.69, 9.17) is 15.1 Å². The molecule has 18 heavy (non-hydrogen) atoms. The fourth-order valence-corrected chi connectivity index (χ4v) is 2.52. The molecule has 0 amide bonds. The number of halogens is 3. The van der Waals surface area contributed by atoms with Crippen molar-refractivity contribution >= 4 is 28.5 Å². The van der Waals surface area contributed by atoms with E-state index in [-0.39, 0.29) is 12.3 Å². The van der Waals surface area contributed by atoms with Gasteiger partial charge in [0, 0.05) is 16.5 Å². The van der Waals surface area contributed by atoms with E-state index >= 15 is 0 Å². The van der Waals surface area contributed by atoms with E-state index in [1.165, 1.54) is 6.07 Å². The summed E-state index contributed by atoms with van der Waals surface area (Å²) in [6.07, 6.45) is -3.05. The van der Waals surface area contributed by atoms with E-state index in [2.05, 4.69) is 15.9 Å². The summed E-state index contributed by atoms with van der Waals surface area (Å²) in [5, 5.41) is 9.79. The highest BCUT2D eigenvalue weighted by atomic mass is 79.9. The second kappa shape index (κ2) is 5.52. The molecule has 0 fully saturated rings. The highest BCUT2D eigenvalue weighted by Crippen LogP contribution is 2.33. The van der Waals surface area contributed by atoms with Gasteiger partial charge in [-0.2, -0.15) is 0 Å². The summed E-state index contributed by atoms with van der Waals surface area (Å²) in [5.74, 6) is 0.192. The van der Waals surface area contributed by atoms with Gasteiger partial charge in [0.25, 0.3) is 6.43 Å². The van der Waals surface area contributed by atoms with Gasteiger partial charge in [0.15, 0.2) is 0 Å². The number of ether oxygens (including phenoxy) is 1. The van der Waals surface area contributed by atoms with Crippen LogP contribution >= 0.6 is 15.9 Å². The highest BCUT2D eigenvalue weighted by Gasteiger charge is 2.39. The molecule has 3 N–H and O–H groups in total. The van der Waals surface area contributed by atoms with E-state index in [0.717, 1.165) is 0 Å². The number of nitrogens with two attached hydrogens (primary N) is 1. The minimum Gasteiger partial charge on any atom is -0.488 e. The van der Waals surface area contributed by atoms with Crippen LogP contribution in [0.4, 0.5) is 8.78 Å². The molecule has 1 unspecified atom stereocenters. The molecule has 1 aromatic rings. The predicted octanol–water partition coefficient (Wildman–Crippen LogP) is 0.810. The summed E-state index contributed by atoms with van der Waals surface area (Å²) >= 11 is 3.32. The van der Waals surface area contributed by atoms with Crippen molar-refractivity contribution in [1.82, 2.24) is 0 Å². The van der Waals surface area contributed by atoms with E-state index in [1.807, 2.05) is 0 Å². The zero-order valence-corrected chi connectivity index (χ0v) is 10.9. The lowest BCUT2D eigenvalue weighted by atomic mass is 9.78. The second-order valence-electron chi connectivity index (χ2n) is 3.79. The number of rotatable bonds is 4. The third-order valence-corrected chi connectivity index (χ3v) is 3.33. The number of hydrogen-bond donors (Lipinski definition) is 2. The first-order valence-corrected chi connectivity index (χ1v) is 6.10. The topological polar surface area (TPSA) is 64.7 Å². The molecule has 98 valence electrons. The summed E-state index contributed by atoms with van der Waals surface area (Å²) in [5.41, 5.74) is 6.55. The van der Waals surface area contributed by atoms with Crippen LogP contribution in [0.3, 0.4) is 0 Å². The van der Waals surface area contributed by atoms with E-state index in [1.54, 1.807) is 6.07 Å². The van der Waals surface area contributed by atoms with Gasteiger partial charge in [0.05, 0.1) is 6.10 Å². The first-order valence-electron chi connectivity index (χ1n) is 5.31. The Morgan fingerprint density at radius 1 is 1.56 bits per heavy atom. The van der Waals surface area contributed by atoms with Crippen LogP contribution in [0.2, 0.25) is 0 Å². The monoisotopic (exact) mass is 321 g/mol. The molecule has 1 aliphatic heterocycles. The van der Waals surface area contributed by atoms with Crippen LogP contribution in [-0.4, -0.2) is 31.7 Å². The molecule has 0 aromatic heterocycles. The van der Waals surface area contributed by atoms with Crippen molar-refractivity contribution in [2.24, 2.45) is 5.73 Å². The maximum absolute atomic E-state index is 12.1. The number of benzene rings is 1. The fraction of sp³-hybridized carbons (Fsp3) is 0.400. The van der Waals surface area contributed by atoms with Crippen molar-refractivity contribution in [3.05, 3.63) is 22.2 Å². The number of alkyl halides is 2. The molecule has 2 rings (SSSR count). The maximum Gasteiger partial charge on any atom is 0.495 e. The normalized spacial score (nSPS) is 18.3. The van der Waals surface area contributed by atoms with Crippen LogP contribution in [-0.2, 0) is 4.65 Å². The standard InChI is InChI=1S/C10H11BBrF2NO3/c12-5-1-2-6(17-4-8(13)14)10-9(5)7(3-15)18-11(10)16/h1-2,7-8,16H,3-4,15H2. The molecule has 0 saturated carbocycles. The largest absolute Gasteiger partial charge is 0.495 e. The predicted molar refractivity (Wildman–Crippen MR) is 66.1 cm³/mol. The van der Waals surface area contributed by atoms with Crippen LogP contribution in [0, 0.1) is 0 Å². The minimum atomic E-state index is -2.57. The summed E-state index contributed by atoms with van der Waals surface area (Å²) in [7, 11) is -1.21. The van der Waals surface area contributed by atoms with Crippen LogP contribution < -0.4 is 15.9 Å². The average molecular weight is 322 g/mol. The lowest BCUT2D eigenvalue weighted by molar-refractivity contribution is 0.0823. The summed E-state index contributed by atoms with van der Waals surface area (Å²) in [6.45, 7) is -0.547. The molecule has 0 saturated heterocycles. The van der Waals surface area contributed by atoms with Crippen molar-refractivity contribution in [1.29, 1.82) is 0 Å². The number of hydrogen-bond acceptors (Lipinski definition) is 4.